The number of carbonyl (C=O) groups excluding carboxylic acids is 2. The Bertz CT molecular complexity index is 709. The fourth-order valence-corrected chi connectivity index (χ4v) is 2.18. The number of benzene rings is 1. The first-order valence-corrected chi connectivity index (χ1v) is 7.31. The summed E-state index contributed by atoms with van der Waals surface area (Å²) in [6.07, 6.45) is 0.559. The molecule has 0 fully saturated rings. The molecule has 3 N–H and O–H groups in total. The van der Waals surface area contributed by atoms with Gasteiger partial charge in [-0.05, 0) is 38.0 Å². The maximum Gasteiger partial charge on any atom is 0.260 e. The molecule has 7 nitrogen and oxygen atoms in total. The summed E-state index contributed by atoms with van der Waals surface area (Å²) in [5, 5.41) is 13.8. The van der Waals surface area contributed by atoms with Crippen LogP contribution < -0.4 is 10.9 Å². The molecule has 0 aliphatic rings. The summed E-state index contributed by atoms with van der Waals surface area (Å²) in [5.41, 5.74) is 7.12. The Labute approximate surface area is 134 Å². The molecule has 2 rings (SSSR count). The molecule has 0 aliphatic heterocycles. The van der Waals surface area contributed by atoms with Crippen molar-refractivity contribution in [2.75, 3.05) is 0 Å². The van der Waals surface area contributed by atoms with Gasteiger partial charge in [0.05, 0.1) is 5.69 Å². The number of aryl methyl sites for hydroxylation is 3. The molecular formula is C16H20N4O3. The van der Waals surface area contributed by atoms with Crippen molar-refractivity contribution in [3.8, 4) is 5.75 Å². The van der Waals surface area contributed by atoms with Crippen molar-refractivity contribution in [2.45, 2.75) is 33.2 Å². The molecule has 0 saturated heterocycles. The molecule has 122 valence electrons. The van der Waals surface area contributed by atoms with Gasteiger partial charge in [-0.2, -0.15) is 5.10 Å². The van der Waals surface area contributed by atoms with E-state index in [0.29, 0.717) is 12.0 Å². The van der Waals surface area contributed by atoms with Crippen LogP contribution in [0, 0.1) is 13.8 Å². The summed E-state index contributed by atoms with van der Waals surface area (Å²) in [6.45, 7) is 3.75. The first-order chi connectivity index (χ1) is 11.0. The maximum atomic E-state index is 11.8. The molecule has 2 amide bonds. The molecule has 0 radical (unpaired) electrons. The summed E-state index contributed by atoms with van der Waals surface area (Å²) in [5.74, 6) is -0.518. The smallest absolute Gasteiger partial charge is 0.260 e. The van der Waals surface area contributed by atoms with Crippen LogP contribution in [0.3, 0.4) is 0 Å². The summed E-state index contributed by atoms with van der Waals surface area (Å²) in [4.78, 5) is 23.5. The number of carbonyl (C=O) groups is 2. The minimum Gasteiger partial charge on any atom is -0.508 e. The van der Waals surface area contributed by atoms with E-state index >= 15 is 0 Å². The second kappa shape index (κ2) is 7.44. The Morgan fingerprint density at radius 1 is 1.17 bits per heavy atom. The zero-order valence-corrected chi connectivity index (χ0v) is 13.2. The van der Waals surface area contributed by atoms with Crippen molar-refractivity contribution < 1.29 is 14.7 Å². The second-order valence-corrected chi connectivity index (χ2v) is 5.31. The lowest BCUT2D eigenvalue weighted by atomic mass is 10.1. The molecule has 0 unspecified atom stereocenters. The highest BCUT2D eigenvalue weighted by atomic mass is 16.3. The number of phenolic OH excluding ortho intramolecular Hbond substituents is 1. The highest BCUT2D eigenvalue weighted by Crippen LogP contribution is 2.16. The summed E-state index contributed by atoms with van der Waals surface area (Å²) < 4.78 is 1.57. The van der Waals surface area contributed by atoms with E-state index in [1.165, 1.54) is 0 Å². The van der Waals surface area contributed by atoms with E-state index in [1.807, 2.05) is 19.9 Å². The van der Waals surface area contributed by atoms with Gasteiger partial charge in [-0.3, -0.25) is 25.1 Å². The number of para-hydroxylation sites is 1. The standard InChI is InChI=1S/C16H20N4O3/c1-11-9-12(2)20(19-11)10-16(23)18-17-15(22)8-7-13-5-3-4-6-14(13)21/h3-6,9,21H,7-8,10H2,1-2H3,(H,17,22)(H,18,23). The van der Waals surface area contributed by atoms with Crippen LogP contribution in [-0.4, -0.2) is 26.7 Å². The highest BCUT2D eigenvalue weighted by Gasteiger charge is 2.09. The number of aromatic nitrogens is 2. The Kier molecular flexibility index (Phi) is 5.35. The zero-order chi connectivity index (χ0) is 16.8. The fraction of sp³-hybridized carbons (Fsp3) is 0.312. The molecule has 0 spiro atoms. The van der Waals surface area contributed by atoms with Gasteiger partial charge in [-0.1, -0.05) is 18.2 Å². The van der Waals surface area contributed by atoms with Crippen LogP contribution in [0.4, 0.5) is 0 Å². The highest BCUT2D eigenvalue weighted by molar-refractivity contribution is 5.82. The normalized spacial score (nSPS) is 10.3. The SMILES string of the molecule is Cc1cc(C)n(CC(=O)NNC(=O)CCc2ccccc2O)n1. The molecule has 0 bridgehead atoms. The Morgan fingerprint density at radius 3 is 2.52 bits per heavy atom. The van der Waals surface area contributed by atoms with Gasteiger partial charge in [0.25, 0.3) is 5.91 Å². The molecule has 0 saturated carbocycles. The third kappa shape index (κ3) is 4.84. The van der Waals surface area contributed by atoms with Gasteiger partial charge in [0.15, 0.2) is 0 Å². The summed E-state index contributed by atoms with van der Waals surface area (Å²) >= 11 is 0. The van der Waals surface area contributed by atoms with E-state index in [1.54, 1.807) is 28.9 Å². The summed E-state index contributed by atoms with van der Waals surface area (Å²) in [7, 11) is 0. The molecule has 7 heteroatoms. The largest absolute Gasteiger partial charge is 0.508 e. The van der Waals surface area contributed by atoms with E-state index in [4.69, 9.17) is 0 Å². The van der Waals surface area contributed by atoms with Crippen LogP contribution in [0.2, 0.25) is 0 Å². The van der Waals surface area contributed by atoms with E-state index in [9.17, 15) is 14.7 Å². The van der Waals surface area contributed by atoms with Crippen molar-refractivity contribution >= 4 is 11.8 Å². The van der Waals surface area contributed by atoms with Crippen molar-refractivity contribution in [1.82, 2.24) is 20.6 Å². The fourth-order valence-electron chi connectivity index (χ4n) is 2.18. The zero-order valence-electron chi connectivity index (χ0n) is 13.2. The average molecular weight is 316 g/mol. The Hall–Kier alpha value is -2.83. The van der Waals surface area contributed by atoms with Crippen molar-refractivity contribution in [3.05, 3.63) is 47.3 Å². The minimum atomic E-state index is -0.355. The quantitative estimate of drug-likeness (QED) is 0.717. The van der Waals surface area contributed by atoms with Gasteiger partial charge in [0.1, 0.15) is 12.3 Å². The number of phenols is 1. The van der Waals surface area contributed by atoms with E-state index in [0.717, 1.165) is 11.4 Å². The molecule has 1 aromatic carbocycles. The molecule has 1 aromatic heterocycles. The van der Waals surface area contributed by atoms with E-state index < -0.39 is 0 Å². The Balaban J connectivity index is 1.75. The lowest BCUT2D eigenvalue weighted by molar-refractivity contribution is -0.129. The number of hydrazine groups is 1. The van der Waals surface area contributed by atoms with E-state index in [2.05, 4.69) is 16.0 Å². The predicted octanol–water partition coefficient (Wildman–Crippen LogP) is 0.986. The van der Waals surface area contributed by atoms with Gasteiger partial charge in [0, 0.05) is 12.1 Å². The van der Waals surface area contributed by atoms with Gasteiger partial charge >= 0.3 is 0 Å². The number of hydrogen-bond acceptors (Lipinski definition) is 4. The van der Waals surface area contributed by atoms with E-state index in [-0.39, 0.29) is 30.5 Å². The predicted molar refractivity (Wildman–Crippen MR) is 84.4 cm³/mol. The van der Waals surface area contributed by atoms with Crippen molar-refractivity contribution in [3.63, 3.8) is 0 Å². The molecule has 2 aromatic rings. The van der Waals surface area contributed by atoms with Gasteiger partial charge in [-0.15, -0.1) is 0 Å². The number of nitrogens with one attached hydrogen (secondary N) is 2. The topological polar surface area (TPSA) is 96.2 Å². The first kappa shape index (κ1) is 16.5. The Morgan fingerprint density at radius 2 is 1.87 bits per heavy atom. The van der Waals surface area contributed by atoms with Crippen LogP contribution in [-0.2, 0) is 22.6 Å². The monoisotopic (exact) mass is 316 g/mol. The van der Waals surface area contributed by atoms with Gasteiger partial charge in [0.2, 0.25) is 5.91 Å². The van der Waals surface area contributed by atoms with Crippen molar-refractivity contribution in [2.24, 2.45) is 0 Å². The van der Waals surface area contributed by atoms with Gasteiger partial charge in [-0.25, -0.2) is 0 Å². The number of hydrogen-bond donors (Lipinski definition) is 3. The number of aromatic hydroxyl groups is 1. The van der Waals surface area contributed by atoms with Crippen LogP contribution in [0.5, 0.6) is 5.75 Å². The molecule has 0 atom stereocenters. The van der Waals surface area contributed by atoms with Crippen LogP contribution in [0.15, 0.2) is 30.3 Å². The second-order valence-electron chi connectivity index (χ2n) is 5.31. The lowest BCUT2D eigenvalue weighted by Gasteiger charge is -2.09. The lowest BCUT2D eigenvalue weighted by Crippen LogP contribution is -2.43. The number of rotatable bonds is 5. The number of nitrogens with zero attached hydrogens (tertiary/aromatic N) is 2. The minimum absolute atomic E-state index is 0.0411. The molecule has 23 heavy (non-hydrogen) atoms. The van der Waals surface area contributed by atoms with Crippen LogP contribution >= 0.6 is 0 Å². The third-order valence-electron chi connectivity index (χ3n) is 3.35. The third-order valence-corrected chi connectivity index (χ3v) is 3.35. The van der Waals surface area contributed by atoms with Crippen LogP contribution in [0.25, 0.3) is 0 Å². The summed E-state index contributed by atoms with van der Waals surface area (Å²) in [6, 6.07) is 8.72. The van der Waals surface area contributed by atoms with Crippen LogP contribution in [0.1, 0.15) is 23.4 Å². The molecule has 1 heterocycles. The maximum absolute atomic E-state index is 11.8. The number of amides is 2. The first-order valence-electron chi connectivity index (χ1n) is 7.31. The van der Waals surface area contributed by atoms with Crippen molar-refractivity contribution in [1.29, 1.82) is 0 Å². The van der Waals surface area contributed by atoms with Gasteiger partial charge < -0.3 is 5.11 Å². The molecule has 0 aliphatic carbocycles. The molecular weight excluding hydrogens is 296 g/mol. The average Bonchev–Trinajstić information content (AvgIpc) is 2.82.